The van der Waals surface area contributed by atoms with Crippen molar-refractivity contribution in [2.45, 2.75) is 17.1 Å². The molecule has 5 aromatic rings. The molecule has 0 fully saturated rings. The van der Waals surface area contributed by atoms with Gasteiger partial charge in [-0.15, -0.1) is 23.1 Å². The number of nitrogens with one attached hydrogen (secondary N) is 3. The van der Waals surface area contributed by atoms with Crippen LogP contribution in [0.3, 0.4) is 0 Å². The summed E-state index contributed by atoms with van der Waals surface area (Å²) in [6.45, 7) is 1.79. The lowest BCUT2D eigenvalue weighted by molar-refractivity contribution is -0.115. The van der Waals surface area contributed by atoms with Crippen molar-refractivity contribution in [1.82, 2.24) is 10.3 Å². The molecule has 1 aromatic heterocycles. The second-order valence-electron chi connectivity index (χ2n) is 10.3. The van der Waals surface area contributed by atoms with Gasteiger partial charge >= 0.3 is 0 Å². The van der Waals surface area contributed by atoms with Gasteiger partial charge in [-0.2, -0.15) is 0 Å². The third-order valence-corrected chi connectivity index (χ3v) is 9.02. The van der Waals surface area contributed by atoms with Crippen molar-refractivity contribution in [3.63, 3.8) is 0 Å². The highest BCUT2D eigenvalue weighted by atomic mass is 35.5. The number of anilines is 2. The van der Waals surface area contributed by atoms with Crippen LogP contribution in [0.15, 0.2) is 113 Å². The van der Waals surface area contributed by atoms with Crippen molar-refractivity contribution >= 4 is 69.3 Å². The first-order valence-electron chi connectivity index (χ1n) is 14.6. The zero-order chi connectivity index (χ0) is 34.0. The van der Waals surface area contributed by atoms with E-state index in [4.69, 9.17) is 21.1 Å². The maximum absolute atomic E-state index is 13.6. The Bertz CT molecular complexity index is 1950. The molecule has 0 spiro atoms. The average Bonchev–Trinajstić information content (AvgIpc) is 3.57. The standard InChI is InChI=1S/C36H31ClN4O5S2/c1-22(33(42)41-36-40-31(21-47-36)23-12-15-26(37)16-13-23)48-29-11-7-10-27(19-29)38-35(44)30(39-34(43)24-8-5-4-6-9-24)18-25-14-17-28(45-2)20-32(25)46-3/h4-22H,1-3H3,(H,38,44)(H,39,43)(H,40,41,42)/b30-18+. The Labute approximate surface area is 291 Å². The minimum absolute atomic E-state index is 0.000427. The number of rotatable bonds is 12. The maximum Gasteiger partial charge on any atom is 0.272 e. The van der Waals surface area contributed by atoms with Crippen LogP contribution >= 0.6 is 34.7 Å². The van der Waals surface area contributed by atoms with Crippen LogP contribution in [0.2, 0.25) is 5.02 Å². The molecule has 4 aromatic carbocycles. The molecule has 0 saturated heterocycles. The van der Waals surface area contributed by atoms with Crippen molar-refractivity contribution < 1.29 is 23.9 Å². The van der Waals surface area contributed by atoms with Crippen molar-refractivity contribution in [2.24, 2.45) is 0 Å². The van der Waals surface area contributed by atoms with Crippen LogP contribution in [0.4, 0.5) is 10.8 Å². The van der Waals surface area contributed by atoms with E-state index in [1.54, 1.807) is 92.9 Å². The third kappa shape index (κ3) is 9.03. The van der Waals surface area contributed by atoms with Crippen LogP contribution in [0.1, 0.15) is 22.8 Å². The molecular formula is C36H31ClN4O5S2. The number of carbonyl (C=O) groups is 3. The van der Waals surface area contributed by atoms with Crippen molar-refractivity contribution in [2.75, 3.05) is 24.9 Å². The van der Waals surface area contributed by atoms with E-state index in [2.05, 4.69) is 20.9 Å². The highest BCUT2D eigenvalue weighted by Crippen LogP contribution is 2.30. The number of nitrogens with zero attached hydrogens (tertiary/aromatic N) is 1. The highest BCUT2D eigenvalue weighted by molar-refractivity contribution is 8.00. The third-order valence-electron chi connectivity index (χ3n) is 6.92. The van der Waals surface area contributed by atoms with E-state index in [0.29, 0.717) is 38.5 Å². The van der Waals surface area contributed by atoms with E-state index < -0.39 is 17.1 Å². The van der Waals surface area contributed by atoms with Crippen molar-refractivity contribution in [3.05, 3.63) is 124 Å². The molecule has 244 valence electrons. The van der Waals surface area contributed by atoms with Gasteiger partial charge in [-0.25, -0.2) is 4.98 Å². The van der Waals surface area contributed by atoms with E-state index in [1.165, 1.54) is 36.3 Å². The Balaban J connectivity index is 1.29. The van der Waals surface area contributed by atoms with Crippen molar-refractivity contribution in [1.29, 1.82) is 0 Å². The van der Waals surface area contributed by atoms with Gasteiger partial charge in [0.2, 0.25) is 5.91 Å². The average molecular weight is 699 g/mol. The second kappa shape index (κ2) is 16.1. The molecule has 0 saturated carbocycles. The molecule has 9 nitrogen and oxygen atoms in total. The van der Waals surface area contributed by atoms with Crippen LogP contribution < -0.4 is 25.4 Å². The first-order chi connectivity index (χ1) is 23.2. The largest absolute Gasteiger partial charge is 0.497 e. The fourth-order valence-corrected chi connectivity index (χ4v) is 6.21. The number of aromatic nitrogens is 1. The Hall–Kier alpha value is -5.10. The number of thiazole rings is 1. The number of hydrogen-bond donors (Lipinski definition) is 3. The minimum atomic E-state index is -0.551. The summed E-state index contributed by atoms with van der Waals surface area (Å²) >= 11 is 8.66. The molecule has 0 aliphatic carbocycles. The fraction of sp³-hybridized carbons (Fsp3) is 0.111. The van der Waals surface area contributed by atoms with Gasteiger partial charge in [-0.1, -0.05) is 48.0 Å². The summed E-state index contributed by atoms with van der Waals surface area (Å²) < 4.78 is 10.8. The smallest absolute Gasteiger partial charge is 0.272 e. The topological polar surface area (TPSA) is 119 Å². The predicted octanol–water partition coefficient (Wildman–Crippen LogP) is 8.01. The summed E-state index contributed by atoms with van der Waals surface area (Å²) in [5.41, 5.74) is 3.07. The van der Waals surface area contributed by atoms with E-state index in [0.717, 1.165) is 16.2 Å². The van der Waals surface area contributed by atoms with Crippen molar-refractivity contribution in [3.8, 4) is 22.8 Å². The highest BCUT2D eigenvalue weighted by Gasteiger charge is 2.19. The lowest BCUT2D eigenvalue weighted by Crippen LogP contribution is -2.30. The molecule has 5 rings (SSSR count). The first-order valence-corrected chi connectivity index (χ1v) is 16.8. The number of ether oxygens (including phenoxy) is 2. The van der Waals surface area contributed by atoms with Gasteiger partial charge in [-0.05, 0) is 67.6 Å². The fourth-order valence-electron chi connectivity index (χ4n) is 4.43. The first kappa shape index (κ1) is 34.2. The Kier molecular flexibility index (Phi) is 11.5. The van der Waals surface area contributed by atoms with Gasteiger partial charge in [0, 0.05) is 43.7 Å². The van der Waals surface area contributed by atoms with Crippen LogP contribution in [0.25, 0.3) is 17.3 Å². The van der Waals surface area contributed by atoms with E-state index >= 15 is 0 Å². The summed E-state index contributed by atoms with van der Waals surface area (Å²) in [5.74, 6) is -0.179. The number of carbonyl (C=O) groups excluding carboxylic acids is 3. The molecule has 0 aliphatic heterocycles. The Morgan fingerprint density at radius 2 is 1.67 bits per heavy atom. The number of methoxy groups -OCH3 is 2. The summed E-state index contributed by atoms with van der Waals surface area (Å²) in [6, 6.07) is 28.2. The Morgan fingerprint density at radius 3 is 2.40 bits per heavy atom. The lowest BCUT2D eigenvalue weighted by Gasteiger charge is -2.14. The minimum Gasteiger partial charge on any atom is -0.497 e. The normalized spacial score (nSPS) is 11.7. The summed E-state index contributed by atoms with van der Waals surface area (Å²) in [4.78, 5) is 45.0. The van der Waals surface area contributed by atoms with Gasteiger partial charge in [0.05, 0.1) is 25.2 Å². The molecule has 3 amide bonds. The number of thioether (sulfide) groups is 1. The van der Waals surface area contributed by atoms with Gasteiger partial charge in [0.25, 0.3) is 11.8 Å². The maximum atomic E-state index is 13.6. The molecule has 3 N–H and O–H groups in total. The quantitative estimate of drug-likeness (QED) is 0.0892. The van der Waals surface area contributed by atoms with Crippen LogP contribution in [-0.2, 0) is 9.59 Å². The molecule has 48 heavy (non-hydrogen) atoms. The second-order valence-corrected chi connectivity index (χ2v) is 13.0. The number of benzene rings is 4. The molecule has 0 aliphatic rings. The van der Waals surface area contributed by atoms with E-state index in [9.17, 15) is 14.4 Å². The zero-order valence-corrected chi connectivity index (χ0v) is 28.5. The molecule has 1 atom stereocenters. The molecular weight excluding hydrogens is 668 g/mol. The van der Waals surface area contributed by atoms with E-state index in [-0.39, 0.29) is 11.6 Å². The molecule has 0 bridgehead atoms. The van der Waals surface area contributed by atoms with E-state index in [1.807, 2.05) is 23.6 Å². The number of hydrogen-bond acceptors (Lipinski definition) is 8. The van der Waals surface area contributed by atoms with Gasteiger partial charge in [0.1, 0.15) is 17.2 Å². The summed E-state index contributed by atoms with van der Waals surface area (Å²) in [5, 5.41) is 11.0. The Morgan fingerprint density at radius 1 is 0.896 bits per heavy atom. The lowest BCUT2D eigenvalue weighted by atomic mass is 10.1. The molecule has 0 radical (unpaired) electrons. The van der Waals surface area contributed by atoms with Gasteiger partial charge in [0.15, 0.2) is 5.13 Å². The number of halogens is 1. The SMILES string of the molecule is COc1ccc(/C=C(/NC(=O)c2ccccc2)C(=O)Nc2cccc(SC(C)C(=O)Nc3nc(-c4ccc(Cl)cc4)cs3)c2)c(OC)c1. The molecule has 12 heteroatoms. The van der Waals surface area contributed by atoms with Crippen LogP contribution in [0.5, 0.6) is 11.5 Å². The van der Waals surface area contributed by atoms with Gasteiger partial charge in [-0.3, -0.25) is 14.4 Å². The van der Waals surface area contributed by atoms with Gasteiger partial charge < -0.3 is 25.4 Å². The molecule has 1 unspecified atom stereocenters. The predicted molar refractivity (Wildman–Crippen MR) is 193 cm³/mol. The summed E-state index contributed by atoms with van der Waals surface area (Å²) in [6.07, 6.45) is 1.54. The monoisotopic (exact) mass is 698 g/mol. The zero-order valence-electron chi connectivity index (χ0n) is 26.2. The van der Waals surface area contributed by atoms with Crippen LogP contribution in [0, 0.1) is 0 Å². The summed E-state index contributed by atoms with van der Waals surface area (Å²) in [7, 11) is 3.05. The number of amides is 3. The van der Waals surface area contributed by atoms with Crippen LogP contribution in [-0.4, -0.2) is 42.2 Å². The molecule has 1 heterocycles.